The van der Waals surface area contributed by atoms with Crippen LogP contribution in [0.1, 0.15) is 46.5 Å². The second kappa shape index (κ2) is 8.25. The second-order valence-corrected chi connectivity index (χ2v) is 4.37. The summed E-state index contributed by atoms with van der Waals surface area (Å²) in [5.41, 5.74) is 0. The largest absolute Gasteiger partial charge is 0.393 e. The van der Waals surface area contributed by atoms with Crippen molar-refractivity contribution in [2.45, 2.75) is 52.6 Å². The molecular formula is C12H26O2. The number of aliphatic hydroxyl groups is 1. The van der Waals surface area contributed by atoms with Gasteiger partial charge in [0.2, 0.25) is 0 Å². The predicted octanol–water partition coefficient (Wildman–Crippen LogP) is 2.85. The Morgan fingerprint density at radius 1 is 1.14 bits per heavy atom. The molecule has 1 N–H and O–H groups in total. The standard InChI is InChI=1S/C12H26O2/c1-5-11(6-2)8-12(13)7-10(3)9-14-4/h10-13H,5-9H2,1-4H3. The van der Waals surface area contributed by atoms with Crippen LogP contribution in [0.4, 0.5) is 0 Å². The van der Waals surface area contributed by atoms with Crippen LogP contribution in [0.15, 0.2) is 0 Å². The highest BCUT2D eigenvalue weighted by molar-refractivity contribution is 4.66. The van der Waals surface area contributed by atoms with Gasteiger partial charge in [0.15, 0.2) is 0 Å². The lowest BCUT2D eigenvalue weighted by atomic mass is 9.92. The summed E-state index contributed by atoms with van der Waals surface area (Å²) in [4.78, 5) is 0. The van der Waals surface area contributed by atoms with E-state index in [-0.39, 0.29) is 6.10 Å². The van der Waals surface area contributed by atoms with Gasteiger partial charge in [-0.1, -0.05) is 33.6 Å². The molecule has 0 aliphatic carbocycles. The molecular weight excluding hydrogens is 176 g/mol. The van der Waals surface area contributed by atoms with Gasteiger partial charge in [0, 0.05) is 13.7 Å². The van der Waals surface area contributed by atoms with Crippen molar-refractivity contribution in [2.75, 3.05) is 13.7 Å². The maximum Gasteiger partial charge on any atom is 0.0546 e. The van der Waals surface area contributed by atoms with Crippen LogP contribution in [0.2, 0.25) is 0 Å². The van der Waals surface area contributed by atoms with Crippen molar-refractivity contribution >= 4 is 0 Å². The van der Waals surface area contributed by atoms with E-state index >= 15 is 0 Å². The molecule has 0 spiro atoms. The molecule has 0 fully saturated rings. The summed E-state index contributed by atoms with van der Waals surface area (Å²) in [6, 6.07) is 0. The third kappa shape index (κ3) is 6.39. The van der Waals surface area contributed by atoms with Gasteiger partial charge in [-0.25, -0.2) is 0 Å². The molecule has 0 rings (SSSR count). The Morgan fingerprint density at radius 3 is 2.14 bits per heavy atom. The minimum Gasteiger partial charge on any atom is -0.393 e. The summed E-state index contributed by atoms with van der Waals surface area (Å²) in [5.74, 6) is 1.14. The molecule has 0 bridgehead atoms. The first-order chi connectivity index (χ1) is 6.63. The van der Waals surface area contributed by atoms with E-state index in [0.717, 1.165) is 19.4 Å². The van der Waals surface area contributed by atoms with E-state index in [1.165, 1.54) is 12.8 Å². The monoisotopic (exact) mass is 202 g/mol. The molecule has 0 aromatic heterocycles. The smallest absolute Gasteiger partial charge is 0.0546 e. The quantitative estimate of drug-likeness (QED) is 0.656. The lowest BCUT2D eigenvalue weighted by molar-refractivity contribution is 0.0844. The zero-order chi connectivity index (χ0) is 11.0. The highest BCUT2D eigenvalue weighted by Crippen LogP contribution is 2.19. The zero-order valence-electron chi connectivity index (χ0n) is 10.1. The van der Waals surface area contributed by atoms with Gasteiger partial charge in [0.25, 0.3) is 0 Å². The van der Waals surface area contributed by atoms with E-state index in [9.17, 15) is 5.11 Å². The van der Waals surface area contributed by atoms with E-state index in [0.29, 0.717) is 11.8 Å². The van der Waals surface area contributed by atoms with Crippen LogP contribution >= 0.6 is 0 Å². The minimum atomic E-state index is -0.148. The van der Waals surface area contributed by atoms with Crippen molar-refractivity contribution in [3.63, 3.8) is 0 Å². The zero-order valence-corrected chi connectivity index (χ0v) is 10.1. The highest BCUT2D eigenvalue weighted by atomic mass is 16.5. The van der Waals surface area contributed by atoms with Gasteiger partial charge in [-0.15, -0.1) is 0 Å². The van der Waals surface area contributed by atoms with Gasteiger partial charge in [-0.2, -0.15) is 0 Å². The maximum atomic E-state index is 9.82. The Labute approximate surface area is 88.7 Å². The molecule has 86 valence electrons. The van der Waals surface area contributed by atoms with Crippen molar-refractivity contribution < 1.29 is 9.84 Å². The van der Waals surface area contributed by atoms with Crippen molar-refractivity contribution in [3.05, 3.63) is 0 Å². The average molecular weight is 202 g/mol. The number of hydrogen-bond acceptors (Lipinski definition) is 2. The topological polar surface area (TPSA) is 29.5 Å². The molecule has 0 aromatic rings. The van der Waals surface area contributed by atoms with Gasteiger partial charge in [0.1, 0.15) is 0 Å². The number of ether oxygens (including phenoxy) is 1. The predicted molar refractivity (Wildman–Crippen MR) is 60.4 cm³/mol. The average Bonchev–Trinajstić information content (AvgIpc) is 2.14. The minimum absolute atomic E-state index is 0.148. The Hall–Kier alpha value is -0.0800. The van der Waals surface area contributed by atoms with Crippen molar-refractivity contribution in [2.24, 2.45) is 11.8 Å². The van der Waals surface area contributed by atoms with Crippen LogP contribution in [-0.4, -0.2) is 24.9 Å². The van der Waals surface area contributed by atoms with Gasteiger partial charge < -0.3 is 9.84 Å². The van der Waals surface area contributed by atoms with Crippen LogP contribution in [0.25, 0.3) is 0 Å². The third-order valence-electron chi connectivity index (χ3n) is 2.89. The summed E-state index contributed by atoms with van der Waals surface area (Å²) >= 11 is 0. The molecule has 0 heterocycles. The molecule has 2 heteroatoms. The maximum absolute atomic E-state index is 9.82. The lowest BCUT2D eigenvalue weighted by Gasteiger charge is -2.20. The molecule has 2 atom stereocenters. The van der Waals surface area contributed by atoms with Crippen LogP contribution in [0.5, 0.6) is 0 Å². The molecule has 14 heavy (non-hydrogen) atoms. The van der Waals surface area contributed by atoms with Gasteiger partial charge in [0.05, 0.1) is 6.10 Å². The van der Waals surface area contributed by atoms with Crippen molar-refractivity contribution in [1.29, 1.82) is 0 Å². The first-order valence-electron chi connectivity index (χ1n) is 5.80. The number of hydrogen-bond donors (Lipinski definition) is 1. The Bertz CT molecular complexity index is 121. The normalized spacial score (nSPS) is 15.9. The summed E-state index contributed by atoms with van der Waals surface area (Å²) in [6.07, 6.45) is 4.01. The Morgan fingerprint density at radius 2 is 1.71 bits per heavy atom. The van der Waals surface area contributed by atoms with E-state index in [1.54, 1.807) is 7.11 Å². The highest BCUT2D eigenvalue weighted by Gasteiger charge is 2.14. The number of aliphatic hydroxyl groups excluding tert-OH is 1. The van der Waals surface area contributed by atoms with Crippen LogP contribution in [-0.2, 0) is 4.74 Å². The fourth-order valence-electron chi connectivity index (χ4n) is 1.92. The summed E-state index contributed by atoms with van der Waals surface area (Å²) < 4.78 is 5.05. The number of rotatable bonds is 8. The van der Waals surface area contributed by atoms with E-state index in [4.69, 9.17) is 4.74 Å². The molecule has 2 nitrogen and oxygen atoms in total. The summed E-state index contributed by atoms with van der Waals surface area (Å²) in [7, 11) is 1.71. The van der Waals surface area contributed by atoms with E-state index in [1.807, 2.05) is 0 Å². The molecule has 0 radical (unpaired) electrons. The molecule has 0 saturated carbocycles. The molecule has 0 aliphatic heterocycles. The van der Waals surface area contributed by atoms with Crippen LogP contribution < -0.4 is 0 Å². The van der Waals surface area contributed by atoms with Crippen LogP contribution in [0, 0.1) is 11.8 Å². The van der Waals surface area contributed by atoms with E-state index in [2.05, 4.69) is 20.8 Å². The molecule has 0 saturated heterocycles. The SMILES string of the molecule is CCC(CC)CC(O)CC(C)COC. The van der Waals surface area contributed by atoms with Crippen molar-refractivity contribution in [1.82, 2.24) is 0 Å². The fourth-order valence-corrected chi connectivity index (χ4v) is 1.92. The van der Waals surface area contributed by atoms with E-state index < -0.39 is 0 Å². The molecule has 0 aliphatic rings. The lowest BCUT2D eigenvalue weighted by Crippen LogP contribution is -2.18. The molecule has 0 amide bonds. The third-order valence-corrected chi connectivity index (χ3v) is 2.89. The van der Waals surface area contributed by atoms with Crippen molar-refractivity contribution in [3.8, 4) is 0 Å². The van der Waals surface area contributed by atoms with Gasteiger partial charge in [-0.05, 0) is 24.7 Å². The van der Waals surface area contributed by atoms with Gasteiger partial charge >= 0.3 is 0 Å². The summed E-state index contributed by atoms with van der Waals surface area (Å²) in [5, 5.41) is 9.82. The molecule has 2 unspecified atom stereocenters. The Balaban J connectivity index is 3.67. The molecule has 0 aromatic carbocycles. The summed E-state index contributed by atoms with van der Waals surface area (Å²) in [6.45, 7) is 7.26. The first-order valence-corrected chi connectivity index (χ1v) is 5.80. The Kier molecular flexibility index (Phi) is 8.20. The first kappa shape index (κ1) is 13.9. The number of methoxy groups -OCH3 is 1. The second-order valence-electron chi connectivity index (χ2n) is 4.37. The fraction of sp³-hybridized carbons (Fsp3) is 1.00. The van der Waals surface area contributed by atoms with Crippen LogP contribution in [0.3, 0.4) is 0 Å². The van der Waals surface area contributed by atoms with Gasteiger partial charge in [-0.3, -0.25) is 0 Å².